The van der Waals surface area contributed by atoms with Gasteiger partial charge < -0.3 is 14.2 Å². The Hall–Kier alpha value is -4.44. The number of hydrogen-bond donors (Lipinski definition) is 0. The van der Waals surface area contributed by atoms with Crippen molar-refractivity contribution in [3.63, 3.8) is 0 Å². The quantitative estimate of drug-likeness (QED) is 0.300. The van der Waals surface area contributed by atoms with E-state index in [-0.39, 0.29) is 6.71 Å². The van der Waals surface area contributed by atoms with Crippen molar-refractivity contribution in [2.75, 3.05) is 0 Å². The van der Waals surface area contributed by atoms with Crippen molar-refractivity contribution in [1.29, 1.82) is 0 Å². The van der Waals surface area contributed by atoms with Gasteiger partial charge in [-0.2, -0.15) is 0 Å². The van der Waals surface area contributed by atoms with Gasteiger partial charge in [-0.1, -0.05) is 72.8 Å². The van der Waals surface area contributed by atoms with E-state index in [0.717, 1.165) is 50.7 Å². The zero-order valence-electron chi connectivity index (χ0n) is 19.2. The first-order valence-corrected chi connectivity index (χ1v) is 11.8. The molecule has 5 aromatic rings. The third-order valence-electron chi connectivity index (χ3n) is 6.79. The van der Waals surface area contributed by atoms with Gasteiger partial charge >= 0.3 is 0 Å². The molecule has 0 fully saturated rings. The van der Waals surface area contributed by atoms with E-state index >= 15 is 0 Å². The highest BCUT2D eigenvalue weighted by molar-refractivity contribution is 6.98. The number of para-hydroxylation sites is 2. The molecular weight excluding hydrogens is 431 g/mol. The Morgan fingerprint density at radius 2 is 1.20 bits per heavy atom. The largest absolute Gasteiger partial charge is 0.458 e. The van der Waals surface area contributed by atoms with Gasteiger partial charge in [-0.25, -0.2) is 0 Å². The standard InChI is InChI=1S/C31H21BO3/c1-20-9-2-3-12-24(20)21-10-8-11-22(17-21)33-23-18-29-31-30(19-23)35-28-16-7-5-14-26(28)32(31)25-13-4-6-15-27(25)34-29/h2-19H,1H3. The topological polar surface area (TPSA) is 27.7 Å². The van der Waals surface area contributed by atoms with Crippen molar-refractivity contribution in [1.82, 2.24) is 0 Å². The smallest absolute Gasteiger partial charge is 0.260 e. The summed E-state index contributed by atoms with van der Waals surface area (Å²) in [4.78, 5) is 0. The molecule has 0 spiro atoms. The van der Waals surface area contributed by atoms with Crippen molar-refractivity contribution in [3.8, 4) is 45.6 Å². The van der Waals surface area contributed by atoms with Gasteiger partial charge in [0, 0.05) is 17.6 Å². The van der Waals surface area contributed by atoms with Crippen LogP contribution in [-0.4, -0.2) is 6.71 Å². The lowest BCUT2D eigenvalue weighted by Crippen LogP contribution is -2.57. The predicted octanol–water partition coefficient (Wildman–Crippen LogP) is 6.18. The van der Waals surface area contributed by atoms with Crippen LogP contribution in [-0.2, 0) is 0 Å². The van der Waals surface area contributed by atoms with E-state index in [4.69, 9.17) is 14.2 Å². The molecule has 35 heavy (non-hydrogen) atoms. The summed E-state index contributed by atoms with van der Waals surface area (Å²) in [6, 6.07) is 36.9. The summed E-state index contributed by atoms with van der Waals surface area (Å²) in [7, 11) is 0. The SMILES string of the molecule is Cc1ccccc1-c1cccc(Oc2cc3c4c(c2)Oc2ccccc2B4c2ccccc2O3)c1. The summed E-state index contributed by atoms with van der Waals surface area (Å²) in [5.41, 5.74) is 6.89. The Balaban J connectivity index is 1.32. The maximum absolute atomic E-state index is 6.37. The predicted molar refractivity (Wildman–Crippen MR) is 141 cm³/mol. The van der Waals surface area contributed by atoms with Gasteiger partial charge in [-0.15, -0.1) is 0 Å². The summed E-state index contributed by atoms with van der Waals surface area (Å²) in [5, 5.41) is 0. The number of rotatable bonds is 3. The molecule has 0 aromatic heterocycles. The zero-order chi connectivity index (χ0) is 23.4. The van der Waals surface area contributed by atoms with Crippen LogP contribution >= 0.6 is 0 Å². The summed E-state index contributed by atoms with van der Waals surface area (Å²) in [6.45, 7) is 2.19. The fraction of sp³-hybridized carbons (Fsp3) is 0.0323. The van der Waals surface area contributed by atoms with Crippen molar-refractivity contribution >= 4 is 23.1 Å². The summed E-state index contributed by atoms with van der Waals surface area (Å²) >= 11 is 0. The van der Waals surface area contributed by atoms with Gasteiger partial charge in [0.1, 0.15) is 34.5 Å². The Bertz CT molecular complexity index is 1540. The molecule has 2 heterocycles. The first-order chi connectivity index (χ1) is 17.2. The summed E-state index contributed by atoms with van der Waals surface area (Å²) in [6.07, 6.45) is 0. The zero-order valence-corrected chi connectivity index (χ0v) is 19.2. The van der Waals surface area contributed by atoms with Gasteiger partial charge in [-0.3, -0.25) is 0 Å². The van der Waals surface area contributed by atoms with E-state index < -0.39 is 0 Å². The van der Waals surface area contributed by atoms with E-state index in [1.165, 1.54) is 11.1 Å². The highest BCUT2D eigenvalue weighted by Crippen LogP contribution is 2.39. The van der Waals surface area contributed by atoms with Crippen LogP contribution in [0.5, 0.6) is 34.5 Å². The molecule has 7 rings (SSSR count). The van der Waals surface area contributed by atoms with Gasteiger partial charge in [0.25, 0.3) is 6.71 Å². The molecule has 166 valence electrons. The van der Waals surface area contributed by atoms with Crippen molar-refractivity contribution in [2.24, 2.45) is 0 Å². The fourth-order valence-corrected chi connectivity index (χ4v) is 5.19. The molecule has 3 nitrogen and oxygen atoms in total. The van der Waals surface area contributed by atoms with E-state index in [1.807, 2.05) is 48.5 Å². The first-order valence-electron chi connectivity index (χ1n) is 11.8. The number of fused-ring (bicyclic) bond motifs is 4. The van der Waals surface area contributed by atoms with Crippen molar-refractivity contribution < 1.29 is 14.2 Å². The Kier molecular flexibility index (Phi) is 4.46. The molecule has 0 saturated heterocycles. The Morgan fingerprint density at radius 3 is 1.89 bits per heavy atom. The lowest BCUT2D eigenvalue weighted by molar-refractivity contribution is 0.443. The fourth-order valence-electron chi connectivity index (χ4n) is 5.19. The molecule has 0 radical (unpaired) electrons. The van der Waals surface area contributed by atoms with E-state index in [9.17, 15) is 0 Å². The normalized spacial score (nSPS) is 12.5. The van der Waals surface area contributed by atoms with Gasteiger partial charge in [-0.05, 0) is 58.8 Å². The van der Waals surface area contributed by atoms with Crippen LogP contribution in [0.15, 0.2) is 109 Å². The van der Waals surface area contributed by atoms with Crippen LogP contribution in [0.25, 0.3) is 11.1 Å². The highest BCUT2D eigenvalue weighted by Gasteiger charge is 2.40. The molecule has 0 saturated carbocycles. The molecule has 2 aliphatic heterocycles. The summed E-state index contributed by atoms with van der Waals surface area (Å²) < 4.78 is 19.1. The maximum Gasteiger partial charge on any atom is 0.260 e. The number of benzene rings is 5. The van der Waals surface area contributed by atoms with Crippen molar-refractivity contribution in [2.45, 2.75) is 6.92 Å². The molecule has 0 N–H and O–H groups in total. The van der Waals surface area contributed by atoms with E-state index in [0.29, 0.717) is 5.75 Å². The molecule has 0 aliphatic carbocycles. The average molecular weight is 452 g/mol. The molecule has 0 amide bonds. The minimum absolute atomic E-state index is 0.0633. The minimum atomic E-state index is 0.0633. The van der Waals surface area contributed by atoms with Crippen molar-refractivity contribution in [3.05, 3.63) is 115 Å². The Morgan fingerprint density at radius 1 is 0.571 bits per heavy atom. The van der Waals surface area contributed by atoms with Crippen LogP contribution in [0.2, 0.25) is 0 Å². The number of aryl methyl sites for hydroxylation is 1. The van der Waals surface area contributed by atoms with Crippen LogP contribution < -0.4 is 30.6 Å². The molecule has 0 atom stereocenters. The molecular formula is C31H21BO3. The minimum Gasteiger partial charge on any atom is -0.458 e. The number of hydrogen-bond acceptors (Lipinski definition) is 3. The number of ether oxygens (including phenoxy) is 3. The third-order valence-corrected chi connectivity index (χ3v) is 6.79. The van der Waals surface area contributed by atoms with Crippen LogP contribution in [0.1, 0.15) is 5.56 Å². The summed E-state index contributed by atoms with van der Waals surface area (Å²) in [5.74, 6) is 4.72. The van der Waals surface area contributed by atoms with Gasteiger partial charge in [0.15, 0.2) is 0 Å². The van der Waals surface area contributed by atoms with Crippen LogP contribution in [0, 0.1) is 6.92 Å². The second kappa shape index (κ2) is 7.81. The van der Waals surface area contributed by atoms with Crippen LogP contribution in [0.3, 0.4) is 0 Å². The second-order valence-corrected chi connectivity index (χ2v) is 8.99. The Labute approximate surface area is 204 Å². The first kappa shape index (κ1) is 20.0. The molecule has 0 bridgehead atoms. The lowest BCUT2D eigenvalue weighted by Gasteiger charge is -2.33. The highest BCUT2D eigenvalue weighted by atomic mass is 16.5. The monoisotopic (exact) mass is 452 g/mol. The molecule has 4 heteroatoms. The molecule has 5 aromatic carbocycles. The average Bonchev–Trinajstić information content (AvgIpc) is 2.89. The lowest BCUT2D eigenvalue weighted by atomic mass is 9.35. The van der Waals surface area contributed by atoms with E-state index in [1.54, 1.807) is 0 Å². The van der Waals surface area contributed by atoms with Crippen LogP contribution in [0.4, 0.5) is 0 Å². The molecule has 0 unspecified atom stereocenters. The maximum atomic E-state index is 6.37. The van der Waals surface area contributed by atoms with E-state index in [2.05, 4.69) is 67.6 Å². The van der Waals surface area contributed by atoms with Gasteiger partial charge in [0.2, 0.25) is 0 Å². The van der Waals surface area contributed by atoms with Gasteiger partial charge in [0.05, 0.1) is 0 Å². The second-order valence-electron chi connectivity index (χ2n) is 8.99. The third kappa shape index (κ3) is 3.30. The molecule has 2 aliphatic rings.